The van der Waals surface area contributed by atoms with Gasteiger partial charge in [0.15, 0.2) is 6.10 Å². The topological polar surface area (TPSA) is 78.9 Å². The molecule has 0 fully saturated rings. The molecule has 0 radical (unpaired) electrons. The van der Waals surface area contributed by atoms with Crippen LogP contribution in [-0.4, -0.2) is 37.2 Å². The van der Waals surface area contributed by atoms with Gasteiger partial charge in [0.2, 0.25) is 0 Å². The summed E-state index contributed by atoms with van der Waals surface area (Å²) in [5.41, 5.74) is 0. The van der Waals surface area contributed by atoms with Crippen LogP contribution in [0.4, 0.5) is 0 Å². The van der Waals surface area contributed by atoms with E-state index in [1.807, 2.05) is 0 Å². The van der Waals surface area contributed by atoms with Gasteiger partial charge in [-0.2, -0.15) is 0 Å². The van der Waals surface area contributed by atoms with Gasteiger partial charge in [-0.3, -0.25) is 14.4 Å². The minimum atomic E-state index is -0.769. The van der Waals surface area contributed by atoms with Crippen LogP contribution in [0.2, 0.25) is 0 Å². The van der Waals surface area contributed by atoms with Gasteiger partial charge in [0.1, 0.15) is 13.2 Å². The van der Waals surface area contributed by atoms with Gasteiger partial charge in [-0.1, -0.05) is 360 Å². The molecule has 0 heterocycles. The highest BCUT2D eigenvalue weighted by Gasteiger charge is 2.19. The molecule has 0 aromatic heterocycles. The summed E-state index contributed by atoms with van der Waals surface area (Å²) in [4.78, 5) is 38.2. The number of unbranched alkanes of at least 4 members (excludes halogenated alkanes) is 54. The molecule has 462 valence electrons. The van der Waals surface area contributed by atoms with Crippen LogP contribution in [0.25, 0.3) is 0 Å². The van der Waals surface area contributed by atoms with Gasteiger partial charge in [0, 0.05) is 19.3 Å². The number of carbonyl (C=O) groups excluding carboxylic acids is 3. The van der Waals surface area contributed by atoms with E-state index in [2.05, 4.69) is 32.9 Å². The lowest BCUT2D eigenvalue weighted by Gasteiger charge is -2.18. The number of hydrogen-bond acceptors (Lipinski definition) is 6. The second kappa shape index (κ2) is 67.7. The molecule has 6 nitrogen and oxygen atoms in total. The van der Waals surface area contributed by atoms with Gasteiger partial charge in [-0.05, 0) is 44.9 Å². The molecule has 1 unspecified atom stereocenters. The average molecular weight is 1100 g/mol. The van der Waals surface area contributed by atoms with E-state index in [4.69, 9.17) is 14.2 Å². The van der Waals surface area contributed by atoms with Gasteiger partial charge in [0.25, 0.3) is 0 Å². The van der Waals surface area contributed by atoms with Crippen LogP contribution in [0.3, 0.4) is 0 Å². The third-order valence-corrected chi connectivity index (χ3v) is 16.5. The van der Waals surface area contributed by atoms with E-state index in [9.17, 15) is 14.4 Å². The normalized spacial score (nSPS) is 12.0. The monoisotopic (exact) mass is 1100 g/mol. The van der Waals surface area contributed by atoms with Crippen LogP contribution in [0.5, 0.6) is 0 Å². The molecule has 0 aromatic rings. The minimum Gasteiger partial charge on any atom is -0.462 e. The molecule has 0 bridgehead atoms. The Hall–Kier alpha value is -1.85. The number of allylic oxidation sites excluding steroid dienone is 2. The van der Waals surface area contributed by atoms with Gasteiger partial charge < -0.3 is 14.2 Å². The van der Waals surface area contributed by atoms with E-state index in [1.165, 1.54) is 308 Å². The van der Waals surface area contributed by atoms with Crippen molar-refractivity contribution in [2.75, 3.05) is 13.2 Å². The molecule has 0 spiro atoms. The van der Waals surface area contributed by atoms with E-state index in [0.29, 0.717) is 19.3 Å². The molecule has 0 aliphatic rings. The first-order chi connectivity index (χ1) is 38.5. The summed E-state index contributed by atoms with van der Waals surface area (Å²) >= 11 is 0. The molecule has 0 aliphatic heterocycles. The number of hydrogen-bond donors (Lipinski definition) is 0. The first-order valence-corrected chi connectivity index (χ1v) is 35.7. The van der Waals surface area contributed by atoms with Crippen LogP contribution in [-0.2, 0) is 28.6 Å². The summed E-state index contributed by atoms with van der Waals surface area (Å²) in [7, 11) is 0. The molecule has 0 rings (SSSR count). The standard InChI is InChI=1S/C72H138O6/c1-4-7-10-13-16-19-21-23-25-27-28-29-30-31-32-33-34-35-36-37-38-39-40-41-42-43-44-45-47-48-50-53-56-59-62-65-71(74)77-68-69(67-76-70(73)64-61-58-55-52-18-15-12-9-6-3)78-72(75)66-63-60-57-54-51-49-46-26-24-22-20-17-14-11-8-5-2/h26,46,69H,4-25,27-45,47-68H2,1-3H3/b46-26-. The van der Waals surface area contributed by atoms with E-state index in [0.717, 1.165) is 64.2 Å². The number of esters is 3. The molecule has 0 aromatic carbocycles. The lowest BCUT2D eigenvalue weighted by atomic mass is 10.0. The van der Waals surface area contributed by atoms with E-state index in [-0.39, 0.29) is 31.1 Å². The molecule has 0 saturated heterocycles. The predicted octanol–water partition coefficient (Wildman–Crippen LogP) is 24.4. The van der Waals surface area contributed by atoms with Crippen LogP contribution >= 0.6 is 0 Å². The fourth-order valence-electron chi connectivity index (χ4n) is 11.2. The van der Waals surface area contributed by atoms with Crippen LogP contribution in [0.1, 0.15) is 412 Å². The average Bonchev–Trinajstić information content (AvgIpc) is 3.44. The van der Waals surface area contributed by atoms with Crippen molar-refractivity contribution in [3.8, 4) is 0 Å². The Morgan fingerprint density at radius 2 is 0.423 bits per heavy atom. The van der Waals surface area contributed by atoms with Crippen molar-refractivity contribution in [2.45, 2.75) is 419 Å². The number of carbonyl (C=O) groups is 3. The Bertz CT molecular complexity index is 1210. The van der Waals surface area contributed by atoms with E-state index >= 15 is 0 Å². The summed E-state index contributed by atoms with van der Waals surface area (Å²) in [6.45, 7) is 6.68. The van der Waals surface area contributed by atoms with Crippen molar-refractivity contribution in [1.82, 2.24) is 0 Å². The largest absolute Gasteiger partial charge is 0.462 e. The summed E-state index contributed by atoms with van der Waals surface area (Å²) in [5, 5.41) is 0. The van der Waals surface area contributed by atoms with Gasteiger partial charge in [0.05, 0.1) is 0 Å². The highest BCUT2D eigenvalue weighted by molar-refractivity contribution is 5.71. The lowest BCUT2D eigenvalue weighted by Crippen LogP contribution is -2.30. The Morgan fingerprint density at radius 1 is 0.244 bits per heavy atom. The predicted molar refractivity (Wildman–Crippen MR) is 340 cm³/mol. The van der Waals surface area contributed by atoms with Gasteiger partial charge in [-0.15, -0.1) is 0 Å². The zero-order valence-electron chi connectivity index (χ0n) is 53.2. The first-order valence-electron chi connectivity index (χ1n) is 35.7. The smallest absolute Gasteiger partial charge is 0.306 e. The first kappa shape index (κ1) is 76.1. The fraction of sp³-hybridized carbons (Fsp3) is 0.931. The zero-order valence-corrected chi connectivity index (χ0v) is 53.2. The fourth-order valence-corrected chi connectivity index (χ4v) is 11.2. The van der Waals surface area contributed by atoms with E-state index < -0.39 is 6.10 Å². The highest BCUT2D eigenvalue weighted by atomic mass is 16.6. The Labute approximate surface area is 488 Å². The maximum Gasteiger partial charge on any atom is 0.306 e. The number of ether oxygens (including phenoxy) is 3. The Kier molecular flexibility index (Phi) is 66.0. The third-order valence-electron chi connectivity index (χ3n) is 16.5. The second-order valence-electron chi connectivity index (χ2n) is 24.5. The summed E-state index contributed by atoms with van der Waals surface area (Å²) in [6.07, 6.45) is 81.4. The molecule has 0 amide bonds. The van der Waals surface area contributed by atoms with Crippen LogP contribution in [0, 0.1) is 0 Å². The van der Waals surface area contributed by atoms with Crippen LogP contribution in [0.15, 0.2) is 12.2 Å². The lowest BCUT2D eigenvalue weighted by molar-refractivity contribution is -0.167. The molecule has 1 atom stereocenters. The SMILES string of the molecule is CCCCCCCCC/C=C\CCCCCCCC(=O)OC(COC(=O)CCCCCCCCCCC)COC(=O)CCCCCCCCCCCCCCCCCCCCCCCCCCCCCCCCCCCCC. The van der Waals surface area contributed by atoms with Crippen molar-refractivity contribution in [2.24, 2.45) is 0 Å². The highest BCUT2D eigenvalue weighted by Crippen LogP contribution is 2.19. The molecule has 78 heavy (non-hydrogen) atoms. The molecular weight excluding hydrogens is 961 g/mol. The summed E-state index contributed by atoms with van der Waals surface area (Å²) in [5.74, 6) is -0.850. The molecule has 0 aliphatic carbocycles. The van der Waals surface area contributed by atoms with Gasteiger partial charge in [-0.25, -0.2) is 0 Å². The quantitative estimate of drug-likeness (QED) is 0.0261. The Morgan fingerprint density at radius 3 is 0.641 bits per heavy atom. The summed E-state index contributed by atoms with van der Waals surface area (Å²) in [6, 6.07) is 0. The van der Waals surface area contributed by atoms with Gasteiger partial charge >= 0.3 is 17.9 Å². The third kappa shape index (κ3) is 65.0. The molecule has 0 saturated carbocycles. The number of rotatable bonds is 67. The molecular formula is C72H138O6. The maximum absolute atomic E-state index is 12.9. The van der Waals surface area contributed by atoms with Crippen molar-refractivity contribution in [1.29, 1.82) is 0 Å². The molecule has 6 heteroatoms. The van der Waals surface area contributed by atoms with Crippen LogP contribution < -0.4 is 0 Å². The zero-order chi connectivity index (χ0) is 56.4. The summed E-state index contributed by atoms with van der Waals surface area (Å²) < 4.78 is 16.9. The second-order valence-corrected chi connectivity index (χ2v) is 24.5. The maximum atomic E-state index is 12.9. The Balaban J connectivity index is 3.94. The molecule has 0 N–H and O–H groups in total. The van der Waals surface area contributed by atoms with E-state index in [1.54, 1.807) is 0 Å². The minimum absolute atomic E-state index is 0.0674. The van der Waals surface area contributed by atoms with Crippen molar-refractivity contribution in [3.05, 3.63) is 12.2 Å². The van der Waals surface area contributed by atoms with Crippen molar-refractivity contribution < 1.29 is 28.6 Å². The van der Waals surface area contributed by atoms with Crippen molar-refractivity contribution in [3.63, 3.8) is 0 Å². The van der Waals surface area contributed by atoms with Crippen molar-refractivity contribution >= 4 is 17.9 Å².